The molecule has 0 spiro atoms. The molecule has 27 heavy (non-hydrogen) atoms. The minimum absolute atomic E-state index is 0. The van der Waals surface area contributed by atoms with Crippen molar-refractivity contribution in [2.75, 3.05) is 26.7 Å². The van der Waals surface area contributed by atoms with E-state index in [0.717, 1.165) is 31.0 Å². The van der Waals surface area contributed by atoms with Crippen molar-refractivity contribution in [3.63, 3.8) is 0 Å². The molecule has 7 heteroatoms. The Balaban J connectivity index is 0.00000364. The summed E-state index contributed by atoms with van der Waals surface area (Å²) in [4.78, 5) is 14.2. The number of likely N-dealkylation sites (tertiary alicyclic amines) is 1. The van der Waals surface area contributed by atoms with Gasteiger partial charge in [-0.3, -0.25) is 9.69 Å². The van der Waals surface area contributed by atoms with E-state index < -0.39 is 0 Å². The number of nitrogens with one attached hydrogen (secondary N) is 1. The third-order valence-corrected chi connectivity index (χ3v) is 4.63. The number of amides is 1. The van der Waals surface area contributed by atoms with Crippen LogP contribution in [0.1, 0.15) is 45.1 Å². The van der Waals surface area contributed by atoms with E-state index in [0.29, 0.717) is 25.6 Å². The van der Waals surface area contributed by atoms with E-state index in [1.807, 2.05) is 19.9 Å². The standard InChI is InChI=1S/C20H33N3O3.ClH/c1-15(2)26-18-8-7-16(12-19(18)25-3)14-23-11-5-4-6-17(23)13-22-20(24)9-10-21;/h7-8,12,15,17H,4-6,9-11,13-14,21H2,1-3H3,(H,22,24);1H. The monoisotopic (exact) mass is 399 g/mol. The van der Waals surface area contributed by atoms with Crippen molar-refractivity contribution in [2.45, 2.75) is 58.2 Å². The van der Waals surface area contributed by atoms with Gasteiger partial charge in [0.05, 0.1) is 13.2 Å². The summed E-state index contributed by atoms with van der Waals surface area (Å²) in [6.45, 7) is 6.98. The molecule has 1 aromatic carbocycles. The number of piperidine rings is 1. The second-order valence-electron chi connectivity index (χ2n) is 7.11. The number of benzene rings is 1. The van der Waals surface area contributed by atoms with Crippen LogP contribution in [0.2, 0.25) is 0 Å². The second kappa shape index (κ2) is 12.1. The van der Waals surface area contributed by atoms with E-state index >= 15 is 0 Å². The summed E-state index contributed by atoms with van der Waals surface area (Å²) in [6.07, 6.45) is 4.01. The van der Waals surface area contributed by atoms with Gasteiger partial charge in [0.2, 0.25) is 5.91 Å². The van der Waals surface area contributed by atoms with Crippen LogP contribution < -0.4 is 20.5 Å². The van der Waals surface area contributed by atoms with Gasteiger partial charge in [-0.15, -0.1) is 12.4 Å². The van der Waals surface area contributed by atoms with Gasteiger partial charge in [-0.25, -0.2) is 0 Å². The molecule has 1 saturated heterocycles. The molecule has 1 atom stereocenters. The lowest BCUT2D eigenvalue weighted by Gasteiger charge is -2.36. The molecule has 0 saturated carbocycles. The van der Waals surface area contributed by atoms with Crippen LogP contribution in [0.4, 0.5) is 0 Å². The number of rotatable bonds is 9. The van der Waals surface area contributed by atoms with Gasteiger partial charge in [-0.05, 0) is 50.9 Å². The summed E-state index contributed by atoms with van der Waals surface area (Å²) in [5.74, 6) is 1.58. The Morgan fingerprint density at radius 2 is 2.11 bits per heavy atom. The molecule has 1 aromatic rings. The Morgan fingerprint density at radius 3 is 2.78 bits per heavy atom. The van der Waals surface area contributed by atoms with Crippen molar-refractivity contribution in [3.8, 4) is 11.5 Å². The molecule has 1 amide bonds. The molecule has 154 valence electrons. The molecule has 6 nitrogen and oxygen atoms in total. The van der Waals surface area contributed by atoms with Crippen molar-refractivity contribution in [1.29, 1.82) is 0 Å². The van der Waals surface area contributed by atoms with E-state index in [9.17, 15) is 4.79 Å². The Kier molecular flexibility index (Phi) is 10.5. The van der Waals surface area contributed by atoms with Crippen LogP contribution in [0, 0.1) is 0 Å². The molecule has 1 fully saturated rings. The molecule has 0 aliphatic carbocycles. The van der Waals surface area contributed by atoms with Gasteiger partial charge in [-0.1, -0.05) is 12.5 Å². The number of halogens is 1. The predicted octanol–water partition coefficient (Wildman–Crippen LogP) is 2.72. The highest BCUT2D eigenvalue weighted by Gasteiger charge is 2.23. The number of ether oxygens (including phenoxy) is 2. The third kappa shape index (κ3) is 7.56. The highest BCUT2D eigenvalue weighted by molar-refractivity contribution is 5.85. The smallest absolute Gasteiger partial charge is 0.221 e. The average Bonchev–Trinajstić information content (AvgIpc) is 2.62. The number of hydrogen-bond acceptors (Lipinski definition) is 5. The quantitative estimate of drug-likeness (QED) is 0.667. The van der Waals surface area contributed by atoms with E-state index in [1.165, 1.54) is 18.4 Å². The normalized spacial score (nSPS) is 17.3. The van der Waals surface area contributed by atoms with Gasteiger partial charge in [0.25, 0.3) is 0 Å². The fourth-order valence-corrected chi connectivity index (χ4v) is 3.35. The summed E-state index contributed by atoms with van der Waals surface area (Å²) >= 11 is 0. The van der Waals surface area contributed by atoms with Gasteiger partial charge in [0, 0.05) is 32.1 Å². The Bertz CT molecular complexity index is 584. The first-order valence-corrected chi connectivity index (χ1v) is 9.58. The minimum Gasteiger partial charge on any atom is -0.493 e. The SMILES string of the molecule is COc1cc(CN2CCCCC2CNC(=O)CCN)ccc1OC(C)C.Cl. The molecular formula is C20H34ClN3O3. The molecule has 2 rings (SSSR count). The maximum absolute atomic E-state index is 11.7. The summed E-state index contributed by atoms with van der Waals surface area (Å²) in [5.41, 5.74) is 6.64. The largest absolute Gasteiger partial charge is 0.493 e. The maximum atomic E-state index is 11.7. The first kappa shape index (κ1) is 23.5. The van der Waals surface area contributed by atoms with Gasteiger partial charge >= 0.3 is 0 Å². The summed E-state index contributed by atoms with van der Waals surface area (Å²) in [5, 5.41) is 3.02. The van der Waals surface area contributed by atoms with E-state index in [2.05, 4.69) is 22.3 Å². The van der Waals surface area contributed by atoms with Crippen molar-refractivity contribution in [3.05, 3.63) is 23.8 Å². The van der Waals surface area contributed by atoms with Crippen LogP contribution in [0.3, 0.4) is 0 Å². The minimum atomic E-state index is 0. The van der Waals surface area contributed by atoms with Gasteiger partial charge in [-0.2, -0.15) is 0 Å². The van der Waals surface area contributed by atoms with Crippen LogP contribution in [0.5, 0.6) is 11.5 Å². The summed E-state index contributed by atoms with van der Waals surface area (Å²) < 4.78 is 11.3. The van der Waals surface area contributed by atoms with Crippen LogP contribution in [0.15, 0.2) is 18.2 Å². The molecule has 1 heterocycles. The lowest BCUT2D eigenvalue weighted by atomic mass is 10.0. The second-order valence-corrected chi connectivity index (χ2v) is 7.11. The van der Waals surface area contributed by atoms with Crippen molar-refractivity contribution in [1.82, 2.24) is 10.2 Å². The molecule has 3 N–H and O–H groups in total. The number of methoxy groups -OCH3 is 1. The fourth-order valence-electron chi connectivity index (χ4n) is 3.35. The lowest BCUT2D eigenvalue weighted by Crippen LogP contribution is -2.46. The Labute approximate surface area is 169 Å². The number of nitrogens with zero attached hydrogens (tertiary/aromatic N) is 1. The first-order valence-electron chi connectivity index (χ1n) is 9.58. The molecular weight excluding hydrogens is 366 g/mol. The number of carbonyl (C=O) groups is 1. The molecule has 0 radical (unpaired) electrons. The van der Waals surface area contributed by atoms with Gasteiger partial charge in [0.1, 0.15) is 0 Å². The third-order valence-electron chi connectivity index (χ3n) is 4.63. The van der Waals surface area contributed by atoms with Crippen LogP contribution >= 0.6 is 12.4 Å². The maximum Gasteiger partial charge on any atom is 0.221 e. The molecule has 0 aromatic heterocycles. The van der Waals surface area contributed by atoms with Crippen LogP contribution in [-0.4, -0.2) is 49.7 Å². The Morgan fingerprint density at radius 1 is 1.33 bits per heavy atom. The van der Waals surface area contributed by atoms with Crippen LogP contribution in [0.25, 0.3) is 0 Å². The van der Waals surface area contributed by atoms with E-state index in [4.69, 9.17) is 15.2 Å². The average molecular weight is 400 g/mol. The van der Waals surface area contributed by atoms with Gasteiger partial charge in [0.15, 0.2) is 11.5 Å². The van der Waals surface area contributed by atoms with Crippen molar-refractivity contribution in [2.24, 2.45) is 5.73 Å². The molecule has 1 aliphatic rings. The predicted molar refractivity (Wildman–Crippen MR) is 111 cm³/mol. The Hall–Kier alpha value is -1.50. The number of hydrogen-bond donors (Lipinski definition) is 2. The highest BCUT2D eigenvalue weighted by Crippen LogP contribution is 2.30. The summed E-state index contributed by atoms with van der Waals surface area (Å²) in [6, 6.07) is 6.49. The molecule has 1 aliphatic heterocycles. The number of nitrogens with two attached hydrogens (primary N) is 1. The topological polar surface area (TPSA) is 76.8 Å². The molecule has 0 bridgehead atoms. The van der Waals surface area contributed by atoms with Crippen LogP contribution in [-0.2, 0) is 11.3 Å². The highest BCUT2D eigenvalue weighted by atomic mass is 35.5. The number of carbonyl (C=O) groups excluding carboxylic acids is 1. The zero-order chi connectivity index (χ0) is 18.9. The fraction of sp³-hybridized carbons (Fsp3) is 0.650. The summed E-state index contributed by atoms with van der Waals surface area (Å²) in [7, 11) is 1.67. The van der Waals surface area contributed by atoms with Gasteiger partial charge < -0.3 is 20.5 Å². The zero-order valence-corrected chi connectivity index (χ0v) is 17.5. The lowest BCUT2D eigenvalue weighted by molar-refractivity contribution is -0.121. The first-order chi connectivity index (χ1) is 12.5. The molecule has 1 unspecified atom stereocenters. The zero-order valence-electron chi connectivity index (χ0n) is 16.7. The van der Waals surface area contributed by atoms with Crippen molar-refractivity contribution >= 4 is 18.3 Å². The van der Waals surface area contributed by atoms with Crippen molar-refractivity contribution < 1.29 is 14.3 Å². The van der Waals surface area contributed by atoms with E-state index in [1.54, 1.807) is 7.11 Å². The van der Waals surface area contributed by atoms with E-state index in [-0.39, 0.29) is 24.4 Å².